The Morgan fingerprint density at radius 3 is 2.48 bits per heavy atom. The summed E-state index contributed by atoms with van der Waals surface area (Å²) < 4.78 is 40.3. The molecule has 0 aromatic heterocycles. The molecule has 0 aliphatic rings. The molecule has 0 aliphatic heterocycles. The second-order valence-corrected chi connectivity index (χ2v) is 6.84. The zero-order valence-corrected chi connectivity index (χ0v) is 13.5. The number of sulfonamides is 1. The molecule has 0 spiro atoms. The van der Waals surface area contributed by atoms with Gasteiger partial charge in [-0.1, -0.05) is 24.3 Å². The molecule has 2 rings (SSSR count). The van der Waals surface area contributed by atoms with Gasteiger partial charge in [-0.15, -0.1) is 0 Å². The van der Waals surface area contributed by atoms with Gasteiger partial charge in [-0.25, -0.2) is 12.8 Å². The minimum atomic E-state index is -3.83. The molecule has 2 aromatic carbocycles. The maximum absolute atomic E-state index is 13.5. The molecule has 2 N–H and O–H groups in total. The van der Waals surface area contributed by atoms with Gasteiger partial charge in [0.05, 0.1) is 16.6 Å². The van der Waals surface area contributed by atoms with Crippen LogP contribution in [-0.2, 0) is 14.8 Å². The Kier molecular flexibility index (Phi) is 5.12. The summed E-state index contributed by atoms with van der Waals surface area (Å²) in [5, 5.41) is 2.35. The number of aryl methyl sites for hydroxylation is 1. The SMILES string of the molecule is Cc1cccc(S(=O)(=O)NC(C)C(=O)Nc2ccccc2F)c1. The van der Waals surface area contributed by atoms with Crippen molar-refractivity contribution >= 4 is 21.6 Å². The van der Waals surface area contributed by atoms with Gasteiger partial charge in [0.25, 0.3) is 0 Å². The number of anilines is 1. The number of nitrogens with one attached hydrogen (secondary N) is 2. The van der Waals surface area contributed by atoms with E-state index in [9.17, 15) is 17.6 Å². The highest BCUT2D eigenvalue weighted by Crippen LogP contribution is 2.14. The molecule has 5 nitrogen and oxygen atoms in total. The summed E-state index contributed by atoms with van der Waals surface area (Å²) in [6.45, 7) is 3.16. The predicted octanol–water partition coefficient (Wildman–Crippen LogP) is 2.44. The van der Waals surface area contributed by atoms with Crippen LogP contribution in [0.4, 0.5) is 10.1 Å². The van der Waals surface area contributed by atoms with Gasteiger partial charge in [-0.2, -0.15) is 4.72 Å². The van der Waals surface area contributed by atoms with Crippen molar-refractivity contribution in [3.8, 4) is 0 Å². The van der Waals surface area contributed by atoms with Crippen LogP contribution in [0, 0.1) is 12.7 Å². The van der Waals surface area contributed by atoms with Crippen LogP contribution < -0.4 is 10.0 Å². The van der Waals surface area contributed by atoms with Crippen molar-refractivity contribution in [2.45, 2.75) is 24.8 Å². The van der Waals surface area contributed by atoms with E-state index < -0.39 is 27.8 Å². The lowest BCUT2D eigenvalue weighted by Crippen LogP contribution is -2.41. The van der Waals surface area contributed by atoms with Gasteiger partial charge in [-0.3, -0.25) is 4.79 Å². The minimum absolute atomic E-state index is 0.000830. The van der Waals surface area contributed by atoms with Crippen LogP contribution in [-0.4, -0.2) is 20.4 Å². The number of carbonyl (C=O) groups excluding carboxylic acids is 1. The average molecular weight is 336 g/mol. The molecule has 0 saturated heterocycles. The molecule has 1 atom stereocenters. The topological polar surface area (TPSA) is 75.3 Å². The number of para-hydroxylation sites is 1. The van der Waals surface area contributed by atoms with E-state index in [2.05, 4.69) is 10.0 Å². The quantitative estimate of drug-likeness (QED) is 0.880. The van der Waals surface area contributed by atoms with Crippen LogP contribution in [0.5, 0.6) is 0 Å². The van der Waals surface area contributed by atoms with Crippen LogP contribution in [0.25, 0.3) is 0 Å². The number of rotatable bonds is 5. The second kappa shape index (κ2) is 6.89. The fraction of sp³-hybridized carbons (Fsp3) is 0.188. The molecule has 0 fully saturated rings. The van der Waals surface area contributed by atoms with E-state index in [1.165, 1.54) is 37.3 Å². The Balaban J connectivity index is 2.10. The highest BCUT2D eigenvalue weighted by atomic mass is 32.2. The normalized spacial score (nSPS) is 12.7. The van der Waals surface area contributed by atoms with Gasteiger partial charge in [0.1, 0.15) is 5.82 Å². The largest absolute Gasteiger partial charge is 0.322 e. The molecule has 0 bridgehead atoms. The van der Waals surface area contributed by atoms with Crippen molar-refractivity contribution in [2.24, 2.45) is 0 Å². The molecule has 7 heteroatoms. The summed E-state index contributed by atoms with van der Waals surface area (Å²) in [6.07, 6.45) is 0. The number of hydrogen-bond donors (Lipinski definition) is 2. The first-order valence-corrected chi connectivity index (χ1v) is 8.42. The summed E-state index contributed by atoms with van der Waals surface area (Å²) in [7, 11) is -3.83. The average Bonchev–Trinajstić information content (AvgIpc) is 2.49. The first kappa shape index (κ1) is 17.1. The summed E-state index contributed by atoms with van der Waals surface area (Å²) in [4.78, 5) is 12.1. The minimum Gasteiger partial charge on any atom is -0.322 e. The van der Waals surface area contributed by atoms with Crippen molar-refractivity contribution in [1.29, 1.82) is 0 Å². The Morgan fingerprint density at radius 1 is 1.13 bits per heavy atom. The zero-order chi connectivity index (χ0) is 17.0. The maximum Gasteiger partial charge on any atom is 0.242 e. The number of amides is 1. The van der Waals surface area contributed by atoms with E-state index >= 15 is 0 Å². The lowest BCUT2D eigenvalue weighted by atomic mass is 10.2. The number of hydrogen-bond acceptors (Lipinski definition) is 3. The molecular weight excluding hydrogens is 319 g/mol. The van der Waals surface area contributed by atoms with Gasteiger partial charge in [-0.05, 0) is 43.7 Å². The lowest BCUT2D eigenvalue weighted by Gasteiger charge is -2.15. The van der Waals surface area contributed by atoms with Gasteiger partial charge >= 0.3 is 0 Å². The molecule has 2 aromatic rings. The third-order valence-corrected chi connectivity index (χ3v) is 4.70. The lowest BCUT2D eigenvalue weighted by molar-refractivity contribution is -0.117. The molecule has 0 saturated carbocycles. The molecule has 122 valence electrons. The predicted molar refractivity (Wildman–Crippen MR) is 86.0 cm³/mol. The Morgan fingerprint density at radius 2 is 1.83 bits per heavy atom. The smallest absolute Gasteiger partial charge is 0.242 e. The maximum atomic E-state index is 13.5. The van der Waals surface area contributed by atoms with E-state index in [0.29, 0.717) is 0 Å². The van der Waals surface area contributed by atoms with Crippen LogP contribution >= 0.6 is 0 Å². The fourth-order valence-electron chi connectivity index (χ4n) is 1.94. The second-order valence-electron chi connectivity index (χ2n) is 5.13. The Bertz CT molecular complexity index is 822. The van der Waals surface area contributed by atoms with E-state index in [1.54, 1.807) is 25.1 Å². The third kappa shape index (κ3) is 4.37. The fourth-order valence-corrected chi connectivity index (χ4v) is 3.25. The first-order valence-electron chi connectivity index (χ1n) is 6.94. The summed E-state index contributed by atoms with van der Waals surface area (Å²) in [5.74, 6) is -1.24. The molecule has 1 unspecified atom stereocenters. The van der Waals surface area contributed by atoms with E-state index in [0.717, 1.165) is 5.56 Å². The molecule has 1 amide bonds. The number of benzene rings is 2. The molecular formula is C16H17FN2O3S. The monoisotopic (exact) mass is 336 g/mol. The van der Waals surface area contributed by atoms with Crippen LogP contribution in [0.1, 0.15) is 12.5 Å². The summed E-state index contributed by atoms with van der Waals surface area (Å²) in [5.41, 5.74) is 0.787. The van der Waals surface area contributed by atoms with Crippen LogP contribution in [0.3, 0.4) is 0 Å². The standard InChI is InChI=1S/C16H17FN2O3S/c1-11-6-5-7-13(10-11)23(21,22)19-12(2)16(20)18-15-9-4-3-8-14(15)17/h3-10,12,19H,1-2H3,(H,18,20). The van der Waals surface area contributed by atoms with Gasteiger partial charge in [0.2, 0.25) is 15.9 Å². The summed E-state index contributed by atoms with van der Waals surface area (Å²) in [6, 6.07) is 10.9. The highest BCUT2D eigenvalue weighted by Gasteiger charge is 2.22. The molecule has 0 radical (unpaired) electrons. The van der Waals surface area contributed by atoms with Gasteiger partial charge in [0.15, 0.2) is 0 Å². The Labute approximate surface area is 134 Å². The molecule has 0 heterocycles. The Hall–Kier alpha value is -2.25. The molecule has 23 heavy (non-hydrogen) atoms. The van der Waals surface area contributed by atoms with E-state index in [1.807, 2.05) is 0 Å². The van der Waals surface area contributed by atoms with Crippen molar-refractivity contribution in [3.63, 3.8) is 0 Å². The van der Waals surface area contributed by atoms with Crippen molar-refractivity contribution in [2.75, 3.05) is 5.32 Å². The van der Waals surface area contributed by atoms with Crippen molar-refractivity contribution in [3.05, 3.63) is 59.9 Å². The van der Waals surface area contributed by atoms with Crippen molar-refractivity contribution in [1.82, 2.24) is 4.72 Å². The zero-order valence-electron chi connectivity index (χ0n) is 12.7. The number of carbonyl (C=O) groups is 1. The van der Waals surface area contributed by atoms with Crippen molar-refractivity contribution < 1.29 is 17.6 Å². The van der Waals surface area contributed by atoms with Crippen LogP contribution in [0.15, 0.2) is 53.4 Å². The van der Waals surface area contributed by atoms with Crippen LogP contribution in [0.2, 0.25) is 0 Å². The highest BCUT2D eigenvalue weighted by molar-refractivity contribution is 7.89. The number of halogens is 1. The van der Waals surface area contributed by atoms with Gasteiger partial charge < -0.3 is 5.32 Å². The van der Waals surface area contributed by atoms with E-state index in [-0.39, 0.29) is 10.6 Å². The van der Waals surface area contributed by atoms with E-state index in [4.69, 9.17) is 0 Å². The first-order chi connectivity index (χ1) is 10.8. The van der Waals surface area contributed by atoms with Gasteiger partial charge in [0, 0.05) is 0 Å². The molecule has 0 aliphatic carbocycles. The summed E-state index contributed by atoms with van der Waals surface area (Å²) >= 11 is 0. The third-order valence-electron chi connectivity index (χ3n) is 3.16.